The molecular formula is C11H17FSi. The molecule has 0 nitrogen and oxygen atoms in total. The molecule has 0 aromatic heterocycles. The molecule has 0 spiro atoms. The minimum atomic E-state index is -1.31. The zero-order valence-electron chi connectivity index (χ0n) is 9.03. The quantitative estimate of drug-likeness (QED) is 0.606. The van der Waals surface area contributed by atoms with Gasteiger partial charge >= 0.3 is 0 Å². The monoisotopic (exact) mass is 196 g/mol. The Bertz CT molecular complexity index is 300. The van der Waals surface area contributed by atoms with E-state index < -0.39 is 8.07 Å². The van der Waals surface area contributed by atoms with Gasteiger partial charge in [0, 0.05) is 0 Å². The minimum Gasteiger partial charge on any atom is -0.207 e. The van der Waals surface area contributed by atoms with Crippen molar-refractivity contribution in [3.05, 3.63) is 29.1 Å². The predicted molar refractivity (Wildman–Crippen MR) is 58.9 cm³/mol. The van der Waals surface area contributed by atoms with Gasteiger partial charge in [-0.1, -0.05) is 24.8 Å². The summed E-state index contributed by atoms with van der Waals surface area (Å²) in [4.78, 5) is 0. The Morgan fingerprint density at radius 1 is 1.00 bits per heavy atom. The van der Waals surface area contributed by atoms with Crippen molar-refractivity contribution < 1.29 is 4.39 Å². The van der Waals surface area contributed by atoms with Gasteiger partial charge in [0.15, 0.2) is 0 Å². The van der Waals surface area contributed by atoms with Crippen molar-refractivity contribution in [1.29, 1.82) is 0 Å². The molecule has 0 heterocycles. The summed E-state index contributed by atoms with van der Waals surface area (Å²) in [5.74, 6) is -0.114. The van der Waals surface area contributed by atoms with E-state index in [0.29, 0.717) is 0 Å². The van der Waals surface area contributed by atoms with E-state index in [1.165, 1.54) is 5.19 Å². The van der Waals surface area contributed by atoms with E-state index >= 15 is 0 Å². The van der Waals surface area contributed by atoms with E-state index in [9.17, 15) is 4.39 Å². The van der Waals surface area contributed by atoms with Gasteiger partial charge in [0.25, 0.3) is 0 Å². The first-order valence-electron chi connectivity index (χ1n) is 4.59. The van der Waals surface area contributed by atoms with Gasteiger partial charge in [0.1, 0.15) is 5.82 Å². The molecule has 0 aliphatic rings. The number of aryl methyl sites for hydroxylation is 2. The number of halogens is 1. The highest BCUT2D eigenvalue weighted by Gasteiger charge is 2.21. The maximum Gasteiger partial charge on any atom is 0.123 e. The van der Waals surface area contributed by atoms with Crippen LogP contribution in [0.1, 0.15) is 11.1 Å². The van der Waals surface area contributed by atoms with Crippen molar-refractivity contribution in [2.75, 3.05) is 0 Å². The largest absolute Gasteiger partial charge is 0.207 e. The van der Waals surface area contributed by atoms with Crippen LogP contribution >= 0.6 is 0 Å². The second kappa shape index (κ2) is 3.26. The van der Waals surface area contributed by atoms with Crippen LogP contribution in [0.25, 0.3) is 0 Å². The predicted octanol–water partition coefficient (Wildman–Crippen LogP) is 2.99. The Kier molecular flexibility index (Phi) is 2.62. The Labute approximate surface area is 80.8 Å². The maximum absolute atomic E-state index is 13.0. The molecular weight excluding hydrogens is 179 g/mol. The van der Waals surface area contributed by atoms with Gasteiger partial charge in [-0.25, -0.2) is 4.39 Å². The van der Waals surface area contributed by atoms with E-state index in [1.54, 1.807) is 12.1 Å². The lowest BCUT2D eigenvalue weighted by Crippen LogP contribution is -2.41. The van der Waals surface area contributed by atoms with Gasteiger partial charge in [-0.05, 0) is 37.1 Å². The van der Waals surface area contributed by atoms with E-state index in [2.05, 4.69) is 19.6 Å². The Hall–Kier alpha value is -0.633. The molecule has 0 atom stereocenters. The zero-order chi connectivity index (χ0) is 10.2. The summed E-state index contributed by atoms with van der Waals surface area (Å²) in [6.45, 7) is 10.9. The van der Waals surface area contributed by atoms with Gasteiger partial charge in [-0.3, -0.25) is 0 Å². The average molecular weight is 196 g/mol. The second-order valence-corrected chi connectivity index (χ2v) is 9.66. The highest BCUT2D eigenvalue weighted by molar-refractivity contribution is 6.89. The molecule has 13 heavy (non-hydrogen) atoms. The number of rotatable bonds is 1. The Morgan fingerprint density at radius 2 is 1.38 bits per heavy atom. The molecule has 0 bridgehead atoms. The summed E-state index contributed by atoms with van der Waals surface area (Å²) in [6.07, 6.45) is 0. The normalized spacial score (nSPS) is 11.8. The summed E-state index contributed by atoms with van der Waals surface area (Å²) in [6, 6.07) is 3.28. The lowest BCUT2D eigenvalue weighted by molar-refractivity contribution is 0.626. The third-order valence-electron chi connectivity index (χ3n) is 2.25. The Balaban J connectivity index is 3.38. The first-order valence-corrected chi connectivity index (χ1v) is 8.09. The molecule has 0 saturated carbocycles. The molecule has 0 aliphatic heterocycles. The van der Waals surface area contributed by atoms with Crippen LogP contribution in [-0.4, -0.2) is 8.07 Å². The molecule has 0 unspecified atom stereocenters. The number of benzene rings is 1. The summed E-state index contributed by atoms with van der Waals surface area (Å²) in [5, 5.41) is 1.40. The fourth-order valence-corrected chi connectivity index (χ4v) is 4.60. The average Bonchev–Trinajstić information content (AvgIpc) is 1.78. The van der Waals surface area contributed by atoms with Crippen molar-refractivity contribution in [3.63, 3.8) is 0 Å². The first-order chi connectivity index (χ1) is 5.82. The molecule has 0 radical (unpaired) electrons. The minimum absolute atomic E-state index is 0.114. The van der Waals surface area contributed by atoms with Crippen LogP contribution in [-0.2, 0) is 0 Å². The first kappa shape index (κ1) is 10.4. The van der Waals surface area contributed by atoms with Crippen LogP contribution in [0.15, 0.2) is 12.1 Å². The fourth-order valence-electron chi connectivity index (χ4n) is 2.09. The van der Waals surface area contributed by atoms with Crippen LogP contribution < -0.4 is 5.19 Å². The molecule has 0 saturated heterocycles. The lowest BCUT2D eigenvalue weighted by Gasteiger charge is -2.22. The van der Waals surface area contributed by atoms with Gasteiger partial charge in [-0.2, -0.15) is 0 Å². The molecule has 1 aromatic carbocycles. The van der Waals surface area contributed by atoms with Gasteiger partial charge < -0.3 is 0 Å². The smallest absolute Gasteiger partial charge is 0.123 e. The summed E-state index contributed by atoms with van der Waals surface area (Å²) < 4.78 is 13.0. The van der Waals surface area contributed by atoms with Crippen LogP contribution in [0.3, 0.4) is 0 Å². The van der Waals surface area contributed by atoms with E-state index in [4.69, 9.17) is 0 Å². The molecule has 2 heteroatoms. The van der Waals surface area contributed by atoms with Crippen LogP contribution in [0, 0.1) is 19.7 Å². The van der Waals surface area contributed by atoms with E-state index in [1.807, 2.05) is 13.8 Å². The molecule has 0 amide bonds. The summed E-state index contributed by atoms with van der Waals surface area (Å²) in [7, 11) is -1.31. The summed E-state index contributed by atoms with van der Waals surface area (Å²) in [5.41, 5.74) is 2.22. The SMILES string of the molecule is Cc1cc(F)cc(C)c1[Si](C)(C)C. The molecule has 0 N–H and O–H groups in total. The molecule has 72 valence electrons. The van der Waals surface area contributed by atoms with Crippen molar-refractivity contribution in [3.8, 4) is 0 Å². The number of hydrogen-bond donors (Lipinski definition) is 0. The lowest BCUT2D eigenvalue weighted by atomic mass is 10.1. The van der Waals surface area contributed by atoms with Crippen molar-refractivity contribution in [2.45, 2.75) is 33.5 Å². The van der Waals surface area contributed by atoms with Crippen LogP contribution in [0.2, 0.25) is 19.6 Å². The highest BCUT2D eigenvalue weighted by Crippen LogP contribution is 2.12. The zero-order valence-corrected chi connectivity index (χ0v) is 10.0. The van der Waals surface area contributed by atoms with Crippen molar-refractivity contribution in [1.82, 2.24) is 0 Å². The standard InChI is InChI=1S/C11H17FSi/c1-8-6-10(12)7-9(2)11(8)13(3,4)5/h6-7H,1-5H3. The fraction of sp³-hybridized carbons (Fsp3) is 0.455. The van der Waals surface area contributed by atoms with E-state index in [0.717, 1.165) is 11.1 Å². The molecule has 1 aromatic rings. The maximum atomic E-state index is 13.0. The Morgan fingerprint density at radius 3 is 1.69 bits per heavy atom. The molecule has 0 aliphatic carbocycles. The van der Waals surface area contributed by atoms with Gasteiger partial charge in [0.2, 0.25) is 0 Å². The third-order valence-corrected chi connectivity index (χ3v) is 4.54. The van der Waals surface area contributed by atoms with Crippen molar-refractivity contribution >= 4 is 13.3 Å². The third kappa shape index (κ3) is 2.18. The molecule has 1 rings (SSSR count). The van der Waals surface area contributed by atoms with Gasteiger partial charge in [0.05, 0.1) is 8.07 Å². The highest BCUT2D eigenvalue weighted by atomic mass is 28.3. The summed E-state index contributed by atoms with van der Waals surface area (Å²) >= 11 is 0. The van der Waals surface area contributed by atoms with Crippen LogP contribution in [0.5, 0.6) is 0 Å². The van der Waals surface area contributed by atoms with Gasteiger partial charge in [-0.15, -0.1) is 0 Å². The van der Waals surface area contributed by atoms with E-state index in [-0.39, 0.29) is 5.82 Å². The number of hydrogen-bond acceptors (Lipinski definition) is 0. The topological polar surface area (TPSA) is 0 Å². The molecule has 0 fully saturated rings. The van der Waals surface area contributed by atoms with Crippen molar-refractivity contribution in [2.24, 2.45) is 0 Å². The van der Waals surface area contributed by atoms with Crippen LogP contribution in [0.4, 0.5) is 4.39 Å². The second-order valence-electron chi connectivity index (χ2n) is 4.66.